The van der Waals surface area contributed by atoms with Crippen LogP contribution in [-0.4, -0.2) is 27.7 Å². The zero-order valence-electron chi connectivity index (χ0n) is 11.0. The van der Waals surface area contributed by atoms with E-state index in [0.29, 0.717) is 11.6 Å². The van der Waals surface area contributed by atoms with Crippen LogP contribution in [0.3, 0.4) is 0 Å². The van der Waals surface area contributed by atoms with Crippen molar-refractivity contribution in [2.24, 2.45) is 7.05 Å². The zero-order chi connectivity index (χ0) is 14.7. The van der Waals surface area contributed by atoms with Gasteiger partial charge in [-0.3, -0.25) is 0 Å². The first-order valence-electron chi connectivity index (χ1n) is 5.72. The van der Waals surface area contributed by atoms with Crippen LogP contribution in [0.15, 0.2) is 24.5 Å². The SMILES string of the molecule is COc1cc(C(=O)O)cc(Cl)c1OCc1nccn1C. The van der Waals surface area contributed by atoms with Gasteiger partial charge < -0.3 is 19.1 Å². The first-order chi connectivity index (χ1) is 9.52. The first kappa shape index (κ1) is 14.2. The van der Waals surface area contributed by atoms with Crippen molar-refractivity contribution in [3.8, 4) is 11.5 Å². The standard InChI is InChI=1S/C13H13ClN2O4/c1-16-4-3-15-11(16)7-20-12-9(14)5-8(13(17)18)6-10(12)19-2/h3-6H,7H2,1-2H3,(H,17,18). The fourth-order valence-corrected chi connectivity index (χ4v) is 1.92. The molecule has 2 rings (SSSR count). The van der Waals surface area contributed by atoms with Crippen LogP contribution in [0.5, 0.6) is 11.5 Å². The lowest BCUT2D eigenvalue weighted by Gasteiger charge is -2.13. The average molecular weight is 297 g/mol. The molecule has 0 saturated heterocycles. The summed E-state index contributed by atoms with van der Waals surface area (Å²) >= 11 is 6.04. The Bertz CT molecular complexity index is 639. The second kappa shape index (κ2) is 5.83. The molecule has 6 nitrogen and oxygen atoms in total. The van der Waals surface area contributed by atoms with E-state index in [1.54, 1.807) is 12.4 Å². The molecule has 0 fully saturated rings. The van der Waals surface area contributed by atoms with Gasteiger partial charge in [0.2, 0.25) is 0 Å². The first-order valence-corrected chi connectivity index (χ1v) is 6.10. The quantitative estimate of drug-likeness (QED) is 0.917. The van der Waals surface area contributed by atoms with Gasteiger partial charge in [0.15, 0.2) is 11.5 Å². The van der Waals surface area contributed by atoms with E-state index >= 15 is 0 Å². The van der Waals surface area contributed by atoms with E-state index in [2.05, 4.69) is 4.98 Å². The molecule has 1 heterocycles. The topological polar surface area (TPSA) is 73.6 Å². The molecule has 0 aliphatic carbocycles. The minimum Gasteiger partial charge on any atom is -0.493 e. The summed E-state index contributed by atoms with van der Waals surface area (Å²) in [6.45, 7) is 0.200. The summed E-state index contributed by atoms with van der Waals surface area (Å²) in [5.41, 5.74) is 0.0381. The van der Waals surface area contributed by atoms with Gasteiger partial charge in [0, 0.05) is 19.4 Å². The predicted octanol–water partition coefficient (Wildman–Crippen LogP) is 2.36. The third-order valence-corrected chi connectivity index (χ3v) is 3.02. The molecule has 106 valence electrons. The Balaban J connectivity index is 2.27. The number of ether oxygens (including phenoxy) is 2. The number of aromatic carboxylic acids is 1. The van der Waals surface area contributed by atoms with E-state index in [1.807, 2.05) is 11.6 Å². The molecule has 0 aliphatic rings. The number of nitrogens with zero attached hydrogens (tertiary/aromatic N) is 2. The van der Waals surface area contributed by atoms with E-state index < -0.39 is 5.97 Å². The average Bonchev–Trinajstić information content (AvgIpc) is 2.82. The Hall–Kier alpha value is -2.21. The lowest BCUT2D eigenvalue weighted by atomic mass is 10.2. The van der Waals surface area contributed by atoms with E-state index in [4.69, 9.17) is 26.2 Å². The molecule has 1 N–H and O–H groups in total. The Morgan fingerprint density at radius 2 is 2.25 bits per heavy atom. The fourth-order valence-electron chi connectivity index (χ4n) is 1.66. The number of methoxy groups -OCH3 is 1. The number of hydrogen-bond donors (Lipinski definition) is 1. The third kappa shape index (κ3) is 2.85. The van der Waals surface area contributed by atoms with Crippen molar-refractivity contribution < 1.29 is 19.4 Å². The summed E-state index contributed by atoms with van der Waals surface area (Å²) in [6.07, 6.45) is 3.45. The number of carbonyl (C=O) groups is 1. The highest BCUT2D eigenvalue weighted by Crippen LogP contribution is 2.36. The van der Waals surface area contributed by atoms with Gasteiger partial charge in [-0.25, -0.2) is 9.78 Å². The Kier molecular flexibility index (Phi) is 4.14. The predicted molar refractivity (Wildman–Crippen MR) is 72.5 cm³/mol. The summed E-state index contributed by atoms with van der Waals surface area (Å²) in [4.78, 5) is 15.1. The van der Waals surface area contributed by atoms with Crippen LogP contribution in [0, 0.1) is 0 Å². The number of halogens is 1. The van der Waals surface area contributed by atoms with Crippen LogP contribution in [0.4, 0.5) is 0 Å². The Labute approximate surface area is 120 Å². The molecule has 20 heavy (non-hydrogen) atoms. The molecular formula is C13H13ClN2O4. The van der Waals surface area contributed by atoms with Gasteiger partial charge in [-0.2, -0.15) is 0 Å². The van der Waals surface area contributed by atoms with Crippen LogP contribution >= 0.6 is 11.6 Å². The maximum Gasteiger partial charge on any atom is 0.335 e. The zero-order valence-corrected chi connectivity index (χ0v) is 11.7. The van der Waals surface area contributed by atoms with Gasteiger partial charge >= 0.3 is 5.97 Å². The fraction of sp³-hybridized carbons (Fsp3) is 0.231. The van der Waals surface area contributed by atoms with Crippen molar-refractivity contribution >= 4 is 17.6 Å². The van der Waals surface area contributed by atoms with Crippen LogP contribution in [-0.2, 0) is 13.7 Å². The highest BCUT2D eigenvalue weighted by atomic mass is 35.5. The molecule has 0 unspecified atom stereocenters. The summed E-state index contributed by atoms with van der Waals surface area (Å²) in [6, 6.07) is 2.68. The van der Waals surface area contributed by atoms with E-state index in [-0.39, 0.29) is 22.9 Å². The molecule has 0 spiro atoms. The monoisotopic (exact) mass is 296 g/mol. The maximum absolute atomic E-state index is 11.0. The highest BCUT2D eigenvalue weighted by Gasteiger charge is 2.16. The highest BCUT2D eigenvalue weighted by molar-refractivity contribution is 6.32. The van der Waals surface area contributed by atoms with Crippen molar-refractivity contribution in [3.05, 3.63) is 40.9 Å². The number of carboxylic acid groups (broad SMARTS) is 1. The number of aromatic nitrogens is 2. The summed E-state index contributed by atoms with van der Waals surface area (Å²) in [5, 5.41) is 9.15. The minimum absolute atomic E-state index is 0.0381. The van der Waals surface area contributed by atoms with Gasteiger partial charge in [0.25, 0.3) is 0 Å². The smallest absolute Gasteiger partial charge is 0.335 e. The van der Waals surface area contributed by atoms with Crippen molar-refractivity contribution in [2.75, 3.05) is 7.11 Å². The number of imidazole rings is 1. The lowest BCUT2D eigenvalue weighted by molar-refractivity contribution is 0.0696. The molecule has 0 amide bonds. The van der Waals surface area contributed by atoms with Crippen LogP contribution < -0.4 is 9.47 Å². The molecule has 0 radical (unpaired) electrons. The molecular weight excluding hydrogens is 284 g/mol. The second-order valence-electron chi connectivity index (χ2n) is 4.04. The van der Waals surface area contributed by atoms with Gasteiger partial charge in [0.05, 0.1) is 17.7 Å². The van der Waals surface area contributed by atoms with E-state index in [0.717, 1.165) is 0 Å². The number of carboxylic acids is 1. The Morgan fingerprint density at radius 3 is 2.80 bits per heavy atom. The van der Waals surface area contributed by atoms with Crippen molar-refractivity contribution in [1.82, 2.24) is 9.55 Å². The van der Waals surface area contributed by atoms with Crippen LogP contribution in [0.25, 0.3) is 0 Å². The van der Waals surface area contributed by atoms with Crippen LogP contribution in [0.1, 0.15) is 16.2 Å². The summed E-state index contributed by atoms with van der Waals surface area (Å²) in [5.74, 6) is 0.192. The van der Waals surface area contributed by atoms with Crippen molar-refractivity contribution in [2.45, 2.75) is 6.61 Å². The largest absolute Gasteiger partial charge is 0.493 e. The minimum atomic E-state index is -1.08. The molecule has 7 heteroatoms. The van der Waals surface area contributed by atoms with Crippen LogP contribution in [0.2, 0.25) is 5.02 Å². The number of aryl methyl sites for hydroxylation is 1. The molecule has 0 bridgehead atoms. The molecule has 2 aromatic rings. The van der Waals surface area contributed by atoms with E-state index in [1.165, 1.54) is 19.2 Å². The Morgan fingerprint density at radius 1 is 1.50 bits per heavy atom. The number of rotatable bonds is 5. The van der Waals surface area contributed by atoms with Gasteiger partial charge in [-0.15, -0.1) is 0 Å². The van der Waals surface area contributed by atoms with Gasteiger partial charge in [-0.1, -0.05) is 11.6 Å². The molecule has 1 aromatic carbocycles. The summed E-state index contributed by atoms with van der Waals surface area (Å²) in [7, 11) is 3.27. The molecule has 0 saturated carbocycles. The lowest BCUT2D eigenvalue weighted by Crippen LogP contribution is -2.05. The number of benzene rings is 1. The summed E-state index contributed by atoms with van der Waals surface area (Å²) < 4.78 is 12.5. The van der Waals surface area contributed by atoms with Crippen molar-refractivity contribution in [3.63, 3.8) is 0 Å². The maximum atomic E-state index is 11.0. The molecule has 0 aliphatic heterocycles. The van der Waals surface area contributed by atoms with Gasteiger partial charge in [-0.05, 0) is 12.1 Å². The molecule has 1 aromatic heterocycles. The second-order valence-corrected chi connectivity index (χ2v) is 4.44. The number of hydrogen-bond acceptors (Lipinski definition) is 4. The normalized spacial score (nSPS) is 10.3. The molecule has 0 atom stereocenters. The third-order valence-electron chi connectivity index (χ3n) is 2.74. The van der Waals surface area contributed by atoms with E-state index in [9.17, 15) is 4.79 Å². The van der Waals surface area contributed by atoms with Gasteiger partial charge in [0.1, 0.15) is 12.4 Å². The van der Waals surface area contributed by atoms with Crippen molar-refractivity contribution in [1.29, 1.82) is 0 Å².